The highest BCUT2D eigenvalue weighted by molar-refractivity contribution is 7.91. The Morgan fingerprint density at radius 1 is 1.15 bits per heavy atom. The summed E-state index contributed by atoms with van der Waals surface area (Å²) in [5.74, 6) is -0.850. The van der Waals surface area contributed by atoms with Crippen LogP contribution in [0.15, 0.2) is 35.4 Å². The molecule has 0 radical (unpaired) electrons. The maximum absolute atomic E-state index is 14.6. The second kappa shape index (κ2) is 8.77. The summed E-state index contributed by atoms with van der Waals surface area (Å²) >= 11 is 0. The fourth-order valence-corrected chi connectivity index (χ4v) is 5.75. The van der Waals surface area contributed by atoms with E-state index >= 15 is 0 Å². The van der Waals surface area contributed by atoms with E-state index in [1.165, 1.54) is 23.0 Å². The number of pyridine rings is 1. The van der Waals surface area contributed by atoms with Crippen molar-refractivity contribution in [1.29, 1.82) is 0 Å². The molecular formula is C22H23F3N4O3S. The van der Waals surface area contributed by atoms with Crippen LogP contribution in [0.2, 0.25) is 0 Å². The molecule has 3 aromatic rings. The van der Waals surface area contributed by atoms with Gasteiger partial charge in [0.25, 0.3) is 12.0 Å². The molecular weight excluding hydrogens is 457 g/mol. The van der Waals surface area contributed by atoms with Crippen LogP contribution in [0.25, 0.3) is 11.0 Å². The fourth-order valence-electron chi connectivity index (χ4n) is 4.26. The summed E-state index contributed by atoms with van der Waals surface area (Å²) in [4.78, 5) is 21.4. The molecule has 1 fully saturated rings. The van der Waals surface area contributed by atoms with Crippen LogP contribution in [-0.2, 0) is 16.9 Å². The number of halogens is 3. The molecule has 1 atom stereocenters. The number of aryl methyl sites for hydroxylation is 1. The molecule has 1 aromatic carbocycles. The molecule has 0 saturated carbocycles. The second-order valence-corrected chi connectivity index (χ2v) is 10.6. The first kappa shape index (κ1) is 23.2. The van der Waals surface area contributed by atoms with Crippen molar-refractivity contribution in [3.8, 4) is 0 Å². The molecule has 0 bridgehead atoms. The number of benzene rings is 1. The van der Waals surface area contributed by atoms with E-state index in [9.17, 15) is 26.4 Å². The lowest BCUT2D eigenvalue weighted by Gasteiger charge is -2.23. The molecule has 0 amide bonds. The van der Waals surface area contributed by atoms with Gasteiger partial charge in [0.2, 0.25) is 0 Å². The molecule has 4 rings (SSSR count). The molecule has 1 N–H and O–H groups in total. The largest absolute Gasteiger partial charge is 0.363 e. The lowest BCUT2D eigenvalue weighted by atomic mass is 9.94. The van der Waals surface area contributed by atoms with Gasteiger partial charge < -0.3 is 5.32 Å². The highest BCUT2D eigenvalue weighted by atomic mass is 32.2. The Kier molecular flexibility index (Phi) is 6.17. The summed E-state index contributed by atoms with van der Waals surface area (Å²) in [7, 11) is -1.52. The van der Waals surface area contributed by atoms with Crippen LogP contribution in [0.3, 0.4) is 0 Å². The molecule has 0 aliphatic carbocycles. The van der Waals surface area contributed by atoms with Crippen molar-refractivity contribution in [3.63, 3.8) is 0 Å². The molecule has 11 heteroatoms. The average molecular weight is 481 g/mol. The Balaban J connectivity index is 1.74. The van der Waals surface area contributed by atoms with Crippen LogP contribution < -0.4 is 10.9 Å². The minimum atomic E-state index is -3.09. The summed E-state index contributed by atoms with van der Waals surface area (Å²) in [5, 5.41) is 3.55. The van der Waals surface area contributed by atoms with Crippen molar-refractivity contribution < 1.29 is 21.6 Å². The summed E-state index contributed by atoms with van der Waals surface area (Å²) in [6.07, 6.45) is -0.980. The molecule has 0 unspecified atom stereocenters. The number of nitrogens with one attached hydrogen (secondary N) is 1. The number of fused-ring (bicyclic) bond motifs is 1. The number of hydrogen-bond acceptors (Lipinski definition) is 6. The molecule has 3 heterocycles. The smallest absolute Gasteiger partial charge is 0.266 e. The Morgan fingerprint density at radius 2 is 1.82 bits per heavy atom. The number of anilines is 1. The van der Waals surface area contributed by atoms with E-state index in [0.29, 0.717) is 35.3 Å². The van der Waals surface area contributed by atoms with Gasteiger partial charge in [-0.05, 0) is 31.7 Å². The van der Waals surface area contributed by atoms with E-state index < -0.39 is 33.7 Å². The zero-order chi connectivity index (χ0) is 23.9. The van der Waals surface area contributed by atoms with Gasteiger partial charge in [0.1, 0.15) is 33.4 Å². The normalized spacial score (nSPS) is 17.4. The van der Waals surface area contributed by atoms with Crippen LogP contribution in [-0.4, -0.2) is 34.5 Å². The zero-order valence-electron chi connectivity index (χ0n) is 18.1. The quantitative estimate of drug-likeness (QED) is 0.596. The third-order valence-corrected chi connectivity index (χ3v) is 7.86. The van der Waals surface area contributed by atoms with Crippen molar-refractivity contribution in [1.82, 2.24) is 14.5 Å². The highest BCUT2D eigenvalue weighted by Gasteiger charge is 2.28. The third-order valence-electron chi connectivity index (χ3n) is 6.14. The van der Waals surface area contributed by atoms with E-state index in [1.54, 1.807) is 20.0 Å². The van der Waals surface area contributed by atoms with Gasteiger partial charge in [0.05, 0.1) is 28.5 Å². The summed E-state index contributed by atoms with van der Waals surface area (Å²) in [6.45, 7) is 1.62. The minimum absolute atomic E-state index is 0.0199. The van der Waals surface area contributed by atoms with E-state index in [2.05, 4.69) is 15.3 Å². The maximum atomic E-state index is 14.6. The summed E-state index contributed by atoms with van der Waals surface area (Å²) < 4.78 is 65.8. The van der Waals surface area contributed by atoms with Gasteiger partial charge >= 0.3 is 0 Å². The van der Waals surface area contributed by atoms with Gasteiger partial charge in [-0.15, -0.1) is 0 Å². The van der Waals surface area contributed by atoms with Crippen molar-refractivity contribution in [2.24, 2.45) is 7.05 Å². The Hall–Kier alpha value is -2.95. The van der Waals surface area contributed by atoms with E-state index in [-0.39, 0.29) is 28.5 Å². The van der Waals surface area contributed by atoms with Gasteiger partial charge in [-0.2, -0.15) is 0 Å². The molecule has 2 aromatic heterocycles. The lowest BCUT2D eigenvalue weighted by molar-refractivity contribution is 0.146. The van der Waals surface area contributed by atoms with Gasteiger partial charge in [-0.3, -0.25) is 9.36 Å². The summed E-state index contributed by atoms with van der Waals surface area (Å²) in [5.41, 5.74) is -0.0668. The van der Waals surface area contributed by atoms with Crippen molar-refractivity contribution >= 4 is 26.7 Å². The number of rotatable bonds is 5. The minimum Gasteiger partial charge on any atom is -0.363 e. The Bertz CT molecular complexity index is 1360. The molecule has 33 heavy (non-hydrogen) atoms. The number of aromatic nitrogens is 3. The van der Waals surface area contributed by atoms with Crippen LogP contribution in [0, 0.1) is 5.82 Å². The monoisotopic (exact) mass is 480 g/mol. The molecule has 0 spiro atoms. The predicted molar refractivity (Wildman–Crippen MR) is 119 cm³/mol. The molecule has 1 aliphatic heterocycles. The maximum Gasteiger partial charge on any atom is 0.266 e. The van der Waals surface area contributed by atoms with Gasteiger partial charge in [-0.1, -0.05) is 18.2 Å². The molecule has 1 saturated heterocycles. The number of sulfone groups is 1. The van der Waals surface area contributed by atoms with Crippen LogP contribution >= 0.6 is 0 Å². The number of alkyl halides is 2. The average Bonchev–Trinajstić information content (AvgIpc) is 2.76. The number of hydrogen-bond donors (Lipinski definition) is 1. The molecule has 1 aliphatic rings. The Labute approximate surface area is 188 Å². The molecule has 7 nitrogen and oxygen atoms in total. The lowest BCUT2D eigenvalue weighted by Crippen LogP contribution is -2.29. The zero-order valence-corrected chi connectivity index (χ0v) is 18.9. The second-order valence-electron chi connectivity index (χ2n) is 8.27. The first-order valence-electron chi connectivity index (χ1n) is 10.5. The van der Waals surface area contributed by atoms with E-state index in [1.807, 2.05) is 0 Å². The van der Waals surface area contributed by atoms with Crippen molar-refractivity contribution in [3.05, 3.63) is 63.5 Å². The first-order valence-corrected chi connectivity index (χ1v) is 12.3. The van der Waals surface area contributed by atoms with Crippen molar-refractivity contribution in [2.45, 2.75) is 38.2 Å². The van der Waals surface area contributed by atoms with Gasteiger partial charge in [0.15, 0.2) is 0 Å². The number of nitrogens with zero attached hydrogens (tertiary/aromatic N) is 3. The SMILES string of the molecule is C[C@@H](Nc1ncnc2c1cc(C1CCS(=O)(=O)CC1)c(=O)n2C)c1cccc(C(F)F)c1F. The highest BCUT2D eigenvalue weighted by Crippen LogP contribution is 2.32. The van der Waals surface area contributed by atoms with Gasteiger partial charge in [0, 0.05) is 18.2 Å². The van der Waals surface area contributed by atoms with Crippen LogP contribution in [0.4, 0.5) is 19.0 Å². The van der Waals surface area contributed by atoms with Crippen LogP contribution in [0.1, 0.15) is 54.8 Å². The molecule has 176 valence electrons. The van der Waals surface area contributed by atoms with E-state index in [0.717, 1.165) is 6.07 Å². The Morgan fingerprint density at radius 3 is 2.48 bits per heavy atom. The standard InChI is InChI=1S/C22H23F3N4O3S/c1-12(14-4-3-5-15(18(14)23)19(24)25)28-20-17-10-16(13-6-8-33(31,32)9-7-13)22(30)29(2)21(17)27-11-26-20/h3-5,10-13,19H,6-9H2,1-2H3,(H,26,27,28)/t12-/m1/s1. The predicted octanol–water partition coefficient (Wildman–Crippen LogP) is 3.87. The van der Waals surface area contributed by atoms with Crippen LogP contribution in [0.5, 0.6) is 0 Å². The summed E-state index contributed by atoms with van der Waals surface area (Å²) in [6, 6.07) is 4.78. The topological polar surface area (TPSA) is 94.0 Å². The van der Waals surface area contributed by atoms with Crippen molar-refractivity contribution in [2.75, 3.05) is 16.8 Å². The first-order chi connectivity index (χ1) is 15.6. The van der Waals surface area contributed by atoms with Gasteiger partial charge in [-0.25, -0.2) is 31.6 Å². The fraction of sp³-hybridized carbons (Fsp3) is 0.409. The third kappa shape index (κ3) is 4.46. The van der Waals surface area contributed by atoms with E-state index in [4.69, 9.17) is 0 Å².